The van der Waals surface area contributed by atoms with Crippen LogP contribution in [0.2, 0.25) is 5.02 Å². The fraction of sp³-hybridized carbons (Fsp3) is 0.280. The first kappa shape index (κ1) is 25.0. The van der Waals surface area contributed by atoms with E-state index in [4.69, 9.17) is 20.9 Å². The van der Waals surface area contributed by atoms with Crippen LogP contribution < -0.4 is 10.3 Å². The molecule has 8 nitrogen and oxygen atoms in total. The number of hydrogen-bond donors (Lipinski definition) is 1. The molecule has 2 aromatic carbocycles. The van der Waals surface area contributed by atoms with E-state index in [1.807, 2.05) is 32.0 Å². The summed E-state index contributed by atoms with van der Waals surface area (Å²) < 4.78 is 44.6. The van der Waals surface area contributed by atoms with Gasteiger partial charge >= 0.3 is 0 Å². The molecule has 0 saturated carbocycles. The summed E-state index contributed by atoms with van der Waals surface area (Å²) in [5, 5.41) is 5.38. The van der Waals surface area contributed by atoms with Gasteiger partial charge < -0.3 is 13.8 Å². The van der Waals surface area contributed by atoms with E-state index in [0.717, 1.165) is 22.1 Å². The molecule has 0 bridgehead atoms. The van der Waals surface area contributed by atoms with Crippen molar-refractivity contribution in [2.24, 2.45) is 0 Å². The molecule has 0 radical (unpaired) electrons. The number of aromatic nitrogens is 2. The lowest BCUT2D eigenvalue weighted by molar-refractivity contribution is 0.393. The molecular formula is C25H25ClN2O6S. The fourth-order valence-corrected chi connectivity index (χ4v) is 4.84. The Morgan fingerprint density at radius 2 is 1.83 bits per heavy atom. The first-order valence-corrected chi connectivity index (χ1v) is 12.9. The molecule has 0 saturated heterocycles. The number of pyridine rings is 1. The van der Waals surface area contributed by atoms with Gasteiger partial charge in [0.1, 0.15) is 11.5 Å². The minimum Gasteiger partial charge on any atom is -0.496 e. The van der Waals surface area contributed by atoms with Crippen molar-refractivity contribution in [3.8, 4) is 16.9 Å². The number of ether oxygens (including phenoxy) is 1. The van der Waals surface area contributed by atoms with Gasteiger partial charge in [-0.1, -0.05) is 28.9 Å². The lowest BCUT2D eigenvalue weighted by Gasteiger charge is -2.16. The van der Waals surface area contributed by atoms with Gasteiger partial charge in [-0.2, -0.15) is 8.42 Å². The van der Waals surface area contributed by atoms with Crippen LogP contribution in [0.4, 0.5) is 0 Å². The van der Waals surface area contributed by atoms with Crippen molar-refractivity contribution in [2.45, 2.75) is 33.2 Å². The largest absolute Gasteiger partial charge is 0.496 e. The van der Waals surface area contributed by atoms with E-state index in [1.165, 1.54) is 0 Å². The molecular weight excluding hydrogens is 492 g/mol. The molecule has 0 spiro atoms. The highest BCUT2D eigenvalue weighted by molar-refractivity contribution is 7.85. The number of methoxy groups -OCH3 is 1. The molecule has 0 atom stereocenters. The van der Waals surface area contributed by atoms with E-state index in [0.29, 0.717) is 46.3 Å². The zero-order valence-electron chi connectivity index (χ0n) is 19.5. The van der Waals surface area contributed by atoms with Crippen LogP contribution >= 0.6 is 11.6 Å². The summed E-state index contributed by atoms with van der Waals surface area (Å²) in [5.41, 5.74) is 3.86. The molecule has 0 aliphatic rings. The predicted octanol–water partition coefficient (Wildman–Crippen LogP) is 4.61. The Labute approximate surface area is 207 Å². The van der Waals surface area contributed by atoms with Gasteiger partial charge in [0.15, 0.2) is 0 Å². The number of hydrogen-bond acceptors (Lipinski definition) is 6. The van der Waals surface area contributed by atoms with Gasteiger partial charge in [0.05, 0.1) is 29.6 Å². The molecule has 10 heteroatoms. The van der Waals surface area contributed by atoms with Crippen molar-refractivity contribution in [3.05, 3.63) is 80.4 Å². The van der Waals surface area contributed by atoms with Crippen molar-refractivity contribution < 1.29 is 22.2 Å². The first-order chi connectivity index (χ1) is 16.6. The third-order valence-corrected chi connectivity index (χ3v) is 6.93. The standard InChI is InChI=1S/C25H25ClN2O6S/c1-15-24(16(2)34-27-15)21-13-19-12-18(9-11-35(30,31)32)25(29)28(22(19)14-23(21)33-3)10-8-17-4-6-20(26)7-5-17/h4-7,12-14H,8-11H2,1-3H3,(H,30,31,32). The summed E-state index contributed by atoms with van der Waals surface area (Å²) in [6, 6.07) is 12.7. The third-order valence-electron chi connectivity index (χ3n) is 5.96. The number of halogens is 1. The van der Waals surface area contributed by atoms with E-state index in [-0.39, 0.29) is 12.0 Å². The second-order valence-electron chi connectivity index (χ2n) is 8.35. The summed E-state index contributed by atoms with van der Waals surface area (Å²) in [6.45, 7) is 3.99. The minimum atomic E-state index is -4.23. The SMILES string of the molecule is COc1cc2c(cc1-c1c(C)noc1C)cc(CCS(=O)(=O)O)c(=O)n2CCc1ccc(Cl)cc1. The Kier molecular flexibility index (Phi) is 7.02. The first-order valence-electron chi connectivity index (χ1n) is 10.9. The molecule has 35 heavy (non-hydrogen) atoms. The lowest BCUT2D eigenvalue weighted by atomic mass is 9.99. The smallest absolute Gasteiger partial charge is 0.265 e. The molecule has 0 aliphatic carbocycles. The number of benzene rings is 2. The van der Waals surface area contributed by atoms with Crippen LogP contribution in [0.1, 0.15) is 22.6 Å². The molecule has 0 unspecified atom stereocenters. The van der Waals surface area contributed by atoms with Crippen LogP contribution in [0.25, 0.3) is 22.0 Å². The monoisotopic (exact) mass is 516 g/mol. The second-order valence-corrected chi connectivity index (χ2v) is 10.4. The van der Waals surface area contributed by atoms with Crippen molar-refractivity contribution in [1.82, 2.24) is 9.72 Å². The summed E-state index contributed by atoms with van der Waals surface area (Å²) in [6.07, 6.45) is 0.448. The molecule has 2 aromatic heterocycles. The zero-order chi connectivity index (χ0) is 25.3. The summed E-state index contributed by atoms with van der Waals surface area (Å²) in [4.78, 5) is 13.4. The van der Waals surface area contributed by atoms with Gasteiger partial charge in [0, 0.05) is 28.8 Å². The van der Waals surface area contributed by atoms with E-state index in [2.05, 4.69) is 5.16 Å². The van der Waals surface area contributed by atoms with Gasteiger partial charge in [-0.3, -0.25) is 9.35 Å². The predicted molar refractivity (Wildman–Crippen MR) is 135 cm³/mol. The Bertz CT molecular complexity index is 1540. The van der Waals surface area contributed by atoms with Crippen LogP contribution in [0.5, 0.6) is 5.75 Å². The summed E-state index contributed by atoms with van der Waals surface area (Å²) in [7, 11) is -2.68. The normalized spacial score (nSPS) is 11.8. The maximum absolute atomic E-state index is 13.4. The Hall–Kier alpha value is -3.14. The van der Waals surface area contributed by atoms with Crippen molar-refractivity contribution in [2.75, 3.05) is 12.9 Å². The molecule has 4 aromatic rings. The van der Waals surface area contributed by atoms with Crippen molar-refractivity contribution in [3.63, 3.8) is 0 Å². The van der Waals surface area contributed by atoms with Crippen LogP contribution in [0.15, 0.2) is 51.8 Å². The van der Waals surface area contributed by atoms with Crippen LogP contribution in [0, 0.1) is 13.8 Å². The highest BCUT2D eigenvalue weighted by Gasteiger charge is 2.20. The maximum Gasteiger partial charge on any atom is 0.265 e. The average Bonchev–Trinajstić information content (AvgIpc) is 3.14. The second kappa shape index (κ2) is 9.85. The minimum absolute atomic E-state index is 0.110. The molecule has 4 rings (SSSR count). The Morgan fingerprint density at radius 1 is 1.11 bits per heavy atom. The molecule has 1 N–H and O–H groups in total. The molecule has 0 aliphatic heterocycles. The van der Waals surface area contributed by atoms with Crippen LogP contribution in [-0.4, -0.2) is 35.6 Å². The Morgan fingerprint density at radius 3 is 2.43 bits per heavy atom. The molecule has 0 amide bonds. The highest BCUT2D eigenvalue weighted by Crippen LogP contribution is 2.37. The molecule has 2 heterocycles. The number of aryl methyl sites for hydroxylation is 5. The van der Waals surface area contributed by atoms with E-state index < -0.39 is 15.9 Å². The van der Waals surface area contributed by atoms with Gasteiger partial charge in [-0.25, -0.2) is 0 Å². The summed E-state index contributed by atoms with van der Waals surface area (Å²) in [5.74, 6) is 0.637. The van der Waals surface area contributed by atoms with Gasteiger partial charge in [0.25, 0.3) is 15.7 Å². The van der Waals surface area contributed by atoms with Crippen LogP contribution in [0.3, 0.4) is 0 Å². The highest BCUT2D eigenvalue weighted by atomic mass is 35.5. The topological polar surface area (TPSA) is 112 Å². The molecule has 0 fully saturated rings. The maximum atomic E-state index is 13.4. The quantitative estimate of drug-likeness (QED) is 0.340. The molecule has 184 valence electrons. The van der Waals surface area contributed by atoms with E-state index >= 15 is 0 Å². The van der Waals surface area contributed by atoms with Gasteiger partial charge in [-0.15, -0.1) is 0 Å². The third kappa shape index (κ3) is 5.42. The van der Waals surface area contributed by atoms with Crippen molar-refractivity contribution >= 4 is 32.6 Å². The lowest BCUT2D eigenvalue weighted by Crippen LogP contribution is -2.26. The van der Waals surface area contributed by atoms with E-state index in [9.17, 15) is 17.8 Å². The summed E-state index contributed by atoms with van der Waals surface area (Å²) >= 11 is 5.99. The zero-order valence-corrected chi connectivity index (χ0v) is 21.1. The van der Waals surface area contributed by atoms with E-state index in [1.54, 1.807) is 35.9 Å². The Balaban J connectivity index is 1.89. The van der Waals surface area contributed by atoms with Gasteiger partial charge in [0.2, 0.25) is 0 Å². The number of rotatable bonds is 8. The number of nitrogens with zero attached hydrogens (tertiary/aromatic N) is 2. The average molecular weight is 517 g/mol. The number of fused-ring (bicyclic) bond motifs is 1. The van der Waals surface area contributed by atoms with Crippen LogP contribution in [-0.2, 0) is 29.5 Å². The fourth-order valence-electron chi connectivity index (χ4n) is 4.23. The van der Waals surface area contributed by atoms with Crippen molar-refractivity contribution in [1.29, 1.82) is 0 Å². The van der Waals surface area contributed by atoms with Gasteiger partial charge in [-0.05, 0) is 61.9 Å².